The second-order valence-corrected chi connectivity index (χ2v) is 5.17. The Labute approximate surface area is 138 Å². The van der Waals surface area contributed by atoms with Crippen molar-refractivity contribution >= 4 is 29.4 Å². The number of nitrogens with zero attached hydrogens (tertiary/aromatic N) is 2. The summed E-state index contributed by atoms with van der Waals surface area (Å²) in [6, 6.07) is 5.97. The van der Waals surface area contributed by atoms with E-state index in [0.717, 1.165) is 17.5 Å². The quantitative estimate of drug-likeness (QED) is 0.889. The molecule has 1 heterocycles. The summed E-state index contributed by atoms with van der Waals surface area (Å²) in [5, 5.41) is 5.22. The van der Waals surface area contributed by atoms with E-state index in [1.165, 1.54) is 6.07 Å². The van der Waals surface area contributed by atoms with E-state index in [9.17, 15) is 14.0 Å². The molecule has 2 N–H and O–H groups in total. The molecule has 6 nitrogen and oxygen atoms in total. The van der Waals surface area contributed by atoms with E-state index in [0.29, 0.717) is 6.54 Å². The average Bonchev–Trinajstić information content (AvgIpc) is 2.54. The highest BCUT2D eigenvalue weighted by Gasteiger charge is 2.21. The van der Waals surface area contributed by atoms with Crippen LogP contribution in [0.3, 0.4) is 0 Å². The van der Waals surface area contributed by atoms with Gasteiger partial charge in [-0.15, -0.1) is 0 Å². The van der Waals surface area contributed by atoms with Gasteiger partial charge in [-0.05, 0) is 18.6 Å². The van der Waals surface area contributed by atoms with Crippen LogP contribution in [0.25, 0.3) is 0 Å². The second-order valence-electron chi connectivity index (χ2n) is 4.76. The van der Waals surface area contributed by atoms with Crippen LogP contribution in [0.1, 0.15) is 23.7 Å². The zero-order chi connectivity index (χ0) is 16.8. The summed E-state index contributed by atoms with van der Waals surface area (Å²) in [6.07, 6.45) is 1.77. The molecule has 0 spiro atoms. The number of amides is 3. The molecule has 1 aliphatic rings. The van der Waals surface area contributed by atoms with E-state index >= 15 is 0 Å². The first-order valence-electron chi connectivity index (χ1n) is 7.05. The van der Waals surface area contributed by atoms with Crippen molar-refractivity contribution in [3.8, 4) is 0 Å². The monoisotopic (exact) mass is 338 g/mol. The molecule has 122 valence electrons. The molecule has 0 unspecified atom stereocenters. The zero-order valence-electron chi connectivity index (χ0n) is 12.5. The first-order valence-corrected chi connectivity index (χ1v) is 7.43. The normalized spacial score (nSPS) is 14.0. The number of carbonyl (C=O) groups is 2. The maximum absolute atomic E-state index is 14.0. The third-order valence-corrected chi connectivity index (χ3v) is 3.34. The topological polar surface area (TPSA) is 73.8 Å². The van der Waals surface area contributed by atoms with Gasteiger partial charge in [0.1, 0.15) is 6.67 Å². The molecule has 0 atom stereocenters. The van der Waals surface area contributed by atoms with E-state index in [2.05, 4.69) is 15.6 Å². The number of nitrogens with one attached hydrogen (secondary N) is 2. The fraction of sp³-hybridized carbons (Fsp3) is 0.267. The van der Waals surface area contributed by atoms with Crippen molar-refractivity contribution in [3.05, 3.63) is 46.9 Å². The number of benzene rings is 1. The molecule has 0 fully saturated rings. The van der Waals surface area contributed by atoms with Gasteiger partial charge >= 0.3 is 6.03 Å². The van der Waals surface area contributed by atoms with Crippen LogP contribution in [0.4, 0.5) is 9.18 Å². The zero-order valence-corrected chi connectivity index (χ0v) is 13.2. The van der Waals surface area contributed by atoms with Gasteiger partial charge in [0, 0.05) is 6.54 Å². The van der Waals surface area contributed by atoms with E-state index in [1.54, 1.807) is 18.2 Å². The first-order chi connectivity index (χ1) is 11.0. The lowest BCUT2D eigenvalue weighted by Crippen LogP contribution is -2.41. The predicted molar refractivity (Wildman–Crippen MR) is 85.9 cm³/mol. The van der Waals surface area contributed by atoms with E-state index in [-0.39, 0.29) is 23.1 Å². The molecular formula is C15H16ClFN4O2. The summed E-state index contributed by atoms with van der Waals surface area (Å²) >= 11 is 5.92. The number of hydrogen-bond donors (Lipinski definition) is 2. The molecule has 8 heteroatoms. The Balaban J connectivity index is 2.02. The highest BCUT2D eigenvalue weighted by Crippen LogP contribution is 2.15. The van der Waals surface area contributed by atoms with Crippen LogP contribution >= 0.6 is 11.6 Å². The number of aliphatic imine (C=N–C) groups is 1. The number of rotatable bonds is 3. The highest BCUT2D eigenvalue weighted by molar-refractivity contribution is 6.34. The fourth-order valence-electron chi connectivity index (χ4n) is 1.84. The third kappa shape index (κ3) is 4.29. The molecule has 2 rings (SSSR count). The molecule has 1 aromatic rings. The van der Waals surface area contributed by atoms with Gasteiger partial charge in [-0.25, -0.2) is 14.2 Å². The summed E-state index contributed by atoms with van der Waals surface area (Å²) < 4.78 is 14.0. The number of halogens is 2. The lowest BCUT2D eigenvalue weighted by atomic mass is 10.2. The molecule has 0 aromatic heterocycles. The van der Waals surface area contributed by atoms with Gasteiger partial charge in [0.05, 0.1) is 16.8 Å². The Morgan fingerprint density at radius 1 is 1.39 bits per heavy atom. The molecule has 23 heavy (non-hydrogen) atoms. The van der Waals surface area contributed by atoms with Gasteiger partial charge in [0.15, 0.2) is 11.7 Å². The van der Waals surface area contributed by atoms with Crippen LogP contribution in [-0.2, 0) is 0 Å². The predicted octanol–water partition coefficient (Wildman–Crippen LogP) is 2.67. The number of carbonyl (C=O) groups excluding carboxylic acids is 2. The lowest BCUT2D eigenvalue weighted by Gasteiger charge is -2.21. The molecular weight excluding hydrogens is 323 g/mol. The van der Waals surface area contributed by atoms with Crippen molar-refractivity contribution in [2.24, 2.45) is 4.99 Å². The molecule has 0 radical (unpaired) electrons. The molecule has 3 amide bonds. The molecule has 0 saturated carbocycles. The van der Waals surface area contributed by atoms with Gasteiger partial charge in [-0.2, -0.15) is 0 Å². The third-order valence-electron chi connectivity index (χ3n) is 3.01. The molecule has 0 bridgehead atoms. The van der Waals surface area contributed by atoms with Crippen LogP contribution in [0.5, 0.6) is 0 Å². The molecule has 0 saturated heterocycles. The Hall–Kier alpha value is -2.41. The first kappa shape index (κ1) is 17.0. The van der Waals surface area contributed by atoms with Crippen LogP contribution in [0.15, 0.2) is 41.3 Å². The van der Waals surface area contributed by atoms with Gasteiger partial charge in [-0.3, -0.25) is 9.69 Å². The summed E-state index contributed by atoms with van der Waals surface area (Å²) in [6.45, 7) is 2.32. The SMILES string of the molecule is CCCNC(=O)N1C=C(F)C(NC(=O)c2ccccc2Cl)=NC1. The minimum atomic E-state index is -0.802. The van der Waals surface area contributed by atoms with Crippen LogP contribution in [-0.4, -0.2) is 35.9 Å². The molecule has 1 aromatic carbocycles. The van der Waals surface area contributed by atoms with Crippen molar-refractivity contribution in [2.75, 3.05) is 13.2 Å². The minimum absolute atomic E-state index is 0.0822. The second kappa shape index (κ2) is 7.73. The van der Waals surface area contributed by atoms with Crippen LogP contribution in [0.2, 0.25) is 5.02 Å². The Morgan fingerprint density at radius 3 is 2.78 bits per heavy atom. The standard InChI is InChI=1S/C15H16ClFN4O2/c1-2-7-18-15(23)21-8-12(17)13(19-9-21)20-14(22)10-5-3-4-6-11(10)16/h3-6,8H,2,7,9H2,1H3,(H,18,23)(H,19,20,22). The van der Waals surface area contributed by atoms with Gasteiger partial charge in [-0.1, -0.05) is 30.7 Å². The largest absolute Gasteiger partial charge is 0.338 e. The van der Waals surface area contributed by atoms with E-state index < -0.39 is 17.8 Å². The maximum atomic E-state index is 14.0. The van der Waals surface area contributed by atoms with Crippen LogP contribution in [0, 0.1) is 0 Å². The Kier molecular flexibility index (Phi) is 5.70. The molecule has 1 aliphatic heterocycles. The minimum Gasteiger partial charge on any atom is -0.338 e. The van der Waals surface area contributed by atoms with Crippen LogP contribution < -0.4 is 10.6 Å². The smallest absolute Gasteiger partial charge is 0.323 e. The van der Waals surface area contributed by atoms with Crippen molar-refractivity contribution in [1.82, 2.24) is 15.5 Å². The van der Waals surface area contributed by atoms with E-state index in [4.69, 9.17) is 11.6 Å². The lowest BCUT2D eigenvalue weighted by molar-refractivity contribution is 0.0976. The summed E-state index contributed by atoms with van der Waals surface area (Å²) in [5.74, 6) is -1.60. The average molecular weight is 339 g/mol. The van der Waals surface area contributed by atoms with Crippen molar-refractivity contribution in [3.63, 3.8) is 0 Å². The van der Waals surface area contributed by atoms with Crippen molar-refractivity contribution in [1.29, 1.82) is 0 Å². The summed E-state index contributed by atoms with van der Waals surface area (Å²) in [4.78, 5) is 28.8. The summed E-state index contributed by atoms with van der Waals surface area (Å²) in [7, 11) is 0. The number of hydrogen-bond acceptors (Lipinski definition) is 3. The highest BCUT2D eigenvalue weighted by atomic mass is 35.5. The van der Waals surface area contributed by atoms with Crippen molar-refractivity contribution < 1.29 is 14.0 Å². The Morgan fingerprint density at radius 2 is 2.13 bits per heavy atom. The van der Waals surface area contributed by atoms with Gasteiger partial charge < -0.3 is 10.6 Å². The molecule has 0 aliphatic carbocycles. The summed E-state index contributed by atoms with van der Waals surface area (Å²) in [5.41, 5.74) is 0.216. The Bertz CT molecular complexity index is 675. The van der Waals surface area contributed by atoms with Crippen molar-refractivity contribution in [2.45, 2.75) is 13.3 Å². The maximum Gasteiger partial charge on any atom is 0.323 e. The van der Waals surface area contributed by atoms with Gasteiger partial charge in [0.2, 0.25) is 0 Å². The number of amidine groups is 1. The number of urea groups is 1. The van der Waals surface area contributed by atoms with E-state index in [1.807, 2.05) is 6.92 Å². The fourth-order valence-corrected chi connectivity index (χ4v) is 2.06. The van der Waals surface area contributed by atoms with Gasteiger partial charge in [0.25, 0.3) is 5.91 Å².